The number of carbonyl (C=O) groups excluding carboxylic acids is 1. The third kappa shape index (κ3) is 4.81. The van der Waals surface area contributed by atoms with E-state index < -0.39 is 12.0 Å². The molecule has 7 heteroatoms. The van der Waals surface area contributed by atoms with Gasteiger partial charge in [-0.1, -0.05) is 0 Å². The number of carbonyl (C=O) groups is 2. The molecule has 0 aromatic carbocycles. The van der Waals surface area contributed by atoms with Gasteiger partial charge in [-0.3, -0.25) is 14.9 Å². The largest absolute Gasteiger partial charge is 0.480 e. The van der Waals surface area contributed by atoms with E-state index in [1.165, 1.54) is 12.5 Å². The van der Waals surface area contributed by atoms with Gasteiger partial charge in [-0.25, -0.2) is 0 Å². The molecule has 0 saturated heterocycles. The third-order valence-electron chi connectivity index (χ3n) is 2.83. The van der Waals surface area contributed by atoms with Crippen LogP contribution in [-0.2, 0) is 22.7 Å². The molecule has 0 saturated carbocycles. The fraction of sp³-hybridized carbons (Fsp3) is 0.286. The zero-order valence-corrected chi connectivity index (χ0v) is 11.2. The van der Waals surface area contributed by atoms with E-state index in [0.29, 0.717) is 11.5 Å². The van der Waals surface area contributed by atoms with Crippen LogP contribution in [0.4, 0.5) is 0 Å². The highest BCUT2D eigenvalue weighted by molar-refractivity contribution is 5.84. The minimum Gasteiger partial charge on any atom is -0.480 e. The molecule has 21 heavy (non-hydrogen) atoms. The molecular weight excluding hydrogens is 276 g/mol. The van der Waals surface area contributed by atoms with E-state index in [4.69, 9.17) is 13.9 Å². The number of carboxylic acid groups (broad SMARTS) is 1. The number of furan rings is 2. The van der Waals surface area contributed by atoms with Gasteiger partial charge in [0.25, 0.3) is 0 Å². The molecule has 0 fully saturated rings. The Morgan fingerprint density at radius 2 is 1.71 bits per heavy atom. The number of amides is 1. The van der Waals surface area contributed by atoms with Crippen molar-refractivity contribution in [3.05, 3.63) is 48.3 Å². The average molecular weight is 292 g/mol. The molecular formula is C14H16N2O5. The Labute approximate surface area is 120 Å². The van der Waals surface area contributed by atoms with Gasteiger partial charge in [0.2, 0.25) is 5.91 Å². The Balaban J connectivity index is 1.78. The summed E-state index contributed by atoms with van der Waals surface area (Å²) in [7, 11) is 0. The highest BCUT2D eigenvalue weighted by Crippen LogP contribution is 2.02. The van der Waals surface area contributed by atoms with Gasteiger partial charge in [-0.15, -0.1) is 0 Å². The Kier molecular flexibility index (Phi) is 5.16. The lowest BCUT2D eigenvalue weighted by molar-refractivity contribution is -0.141. The number of hydrogen-bond donors (Lipinski definition) is 3. The number of hydrogen-bond acceptors (Lipinski definition) is 5. The minimum atomic E-state index is -1.09. The van der Waals surface area contributed by atoms with Crippen molar-refractivity contribution in [2.45, 2.75) is 25.6 Å². The van der Waals surface area contributed by atoms with Crippen LogP contribution >= 0.6 is 0 Å². The topological polar surface area (TPSA) is 105 Å². The summed E-state index contributed by atoms with van der Waals surface area (Å²) in [5.41, 5.74) is 0. The Morgan fingerprint density at radius 1 is 1.10 bits per heavy atom. The number of carboxylic acids is 1. The van der Waals surface area contributed by atoms with E-state index in [-0.39, 0.29) is 25.4 Å². The zero-order chi connectivity index (χ0) is 15.1. The zero-order valence-electron chi connectivity index (χ0n) is 11.2. The lowest BCUT2D eigenvalue weighted by atomic mass is 10.2. The van der Waals surface area contributed by atoms with Gasteiger partial charge in [0.05, 0.1) is 32.0 Å². The van der Waals surface area contributed by atoms with Crippen molar-refractivity contribution in [1.82, 2.24) is 10.6 Å². The molecule has 0 radical (unpaired) electrons. The molecule has 0 aliphatic rings. The van der Waals surface area contributed by atoms with Gasteiger partial charge < -0.3 is 19.3 Å². The molecule has 1 atom stereocenters. The fourth-order valence-electron chi connectivity index (χ4n) is 1.74. The van der Waals surface area contributed by atoms with Crippen molar-refractivity contribution in [2.75, 3.05) is 0 Å². The second-order valence-corrected chi connectivity index (χ2v) is 4.41. The van der Waals surface area contributed by atoms with Gasteiger partial charge in [-0.2, -0.15) is 0 Å². The van der Waals surface area contributed by atoms with Gasteiger partial charge in [-0.05, 0) is 24.3 Å². The summed E-state index contributed by atoms with van der Waals surface area (Å²) in [6.07, 6.45) is 2.84. The van der Waals surface area contributed by atoms with Gasteiger partial charge in [0.1, 0.15) is 17.6 Å². The van der Waals surface area contributed by atoms with Gasteiger partial charge in [0.15, 0.2) is 0 Å². The summed E-state index contributed by atoms with van der Waals surface area (Å²) < 4.78 is 10.2. The Bertz CT molecular complexity index is 562. The molecule has 3 N–H and O–H groups in total. The van der Waals surface area contributed by atoms with Crippen LogP contribution in [0.3, 0.4) is 0 Å². The lowest BCUT2D eigenvalue weighted by Crippen LogP contribution is -2.40. The van der Waals surface area contributed by atoms with Crippen molar-refractivity contribution in [3.63, 3.8) is 0 Å². The summed E-state index contributed by atoms with van der Waals surface area (Å²) in [5, 5.41) is 14.5. The maximum absolute atomic E-state index is 11.7. The van der Waals surface area contributed by atoms with E-state index in [0.717, 1.165) is 0 Å². The normalized spacial score (nSPS) is 12.0. The molecule has 1 unspecified atom stereocenters. The van der Waals surface area contributed by atoms with Crippen LogP contribution in [0.5, 0.6) is 0 Å². The highest BCUT2D eigenvalue weighted by Gasteiger charge is 2.21. The molecule has 2 heterocycles. The summed E-state index contributed by atoms with van der Waals surface area (Å²) in [6.45, 7) is 0.478. The monoisotopic (exact) mass is 292 g/mol. The van der Waals surface area contributed by atoms with Crippen LogP contribution in [0.15, 0.2) is 45.6 Å². The second-order valence-electron chi connectivity index (χ2n) is 4.41. The first-order valence-electron chi connectivity index (χ1n) is 6.43. The van der Waals surface area contributed by atoms with E-state index in [1.807, 2.05) is 0 Å². The maximum atomic E-state index is 11.7. The van der Waals surface area contributed by atoms with Crippen LogP contribution in [0, 0.1) is 0 Å². The van der Waals surface area contributed by atoms with E-state index in [2.05, 4.69) is 10.6 Å². The molecule has 0 aliphatic carbocycles. The van der Waals surface area contributed by atoms with Gasteiger partial charge >= 0.3 is 5.97 Å². The summed E-state index contributed by atoms with van der Waals surface area (Å²) in [4.78, 5) is 22.9. The van der Waals surface area contributed by atoms with Crippen molar-refractivity contribution in [3.8, 4) is 0 Å². The second kappa shape index (κ2) is 7.30. The van der Waals surface area contributed by atoms with Crippen molar-refractivity contribution in [2.24, 2.45) is 0 Å². The van der Waals surface area contributed by atoms with Crippen LogP contribution in [-0.4, -0.2) is 23.0 Å². The number of aliphatic carboxylic acids is 1. The Morgan fingerprint density at radius 3 is 2.24 bits per heavy atom. The van der Waals surface area contributed by atoms with Gasteiger partial charge in [0, 0.05) is 0 Å². The van der Waals surface area contributed by atoms with Crippen molar-refractivity contribution >= 4 is 11.9 Å². The molecule has 2 aromatic rings. The smallest absolute Gasteiger partial charge is 0.321 e. The van der Waals surface area contributed by atoms with Crippen molar-refractivity contribution < 1.29 is 23.5 Å². The van der Waals surface area contributed by atoms with Crippen LogP contribution in [0.2, 0.25) is 0 Å². The van der Waals surface area contributed by atoms with Crippen molar-refractivity contribution in [1.29, 1.82) is 0 Å². The van der Waals surface area contributed by atoms with Crippen LogP contribution in [0.1, 0.15) is 17.9 Å². The minimum absolute atomic E-state index is 0.170. The molecule has 7 nitrogen and oxygen atoms in total. The van der Waals surface area contributed by atoms with E-state index in [1.54, 1.807) is 24.3 Å². The summed E-state index contributed by atoms with van der Waals surface area (Å²) in [5.74, 6) is -0.239. The molecule has 0 bridgehead atoms. The third-order valence-corrected chi connectivity index (χ3v) is 2.83. The summed E-state index contributed by atoms with van der Waals surface area (Å²) in [6, 6.07) is 5.90. The number of nitrogens with one attached hydrogen (secondary N) is 2. The molecule has 1 amide bonds. The first-order valence-corrected chi connectivity index (χ1v) is 6.43. The molecule has 0 spiro atoms. The Hall–Kier alpha value is -2.54. The maximum Gasteiger partial charge on any atom is 0.321 e. The summed E-state index contributed by atoms with van der Waals surface area (Å²) >= 11 is 0. The quantitative estimate of drug-likeness (QED) is 0.673. The molecule has 0 aliphatic heterocycles. The first-order chi connectivity index (χ1) is 10.1. The van der Waals surface area contributed by atoms with E-state index in [9.17, 15) is 9.59 Å². The predicted molar refractivity (Wildman–Crippen MR) is 72.1 cm³/mol. The molecule has 112 valence electrons. The van der Waals surface area contributed by atoms with Crippen LogP contribution < -0.4 is 10.6 Å². The van der Waals surface area contributed by atoms with Crippen LogP contribution in [0.25, 0.3) is 0 Å². The number of rotatable bonds is 8. The SMILES string of the molecule is O=C(CC(NCc1ccco1)C(=O)O)NCc1ccco1. The molecule has 2 rings (SSSR count). The lowest BCUT2D eigenvalue weighted by Gasteiger charge is -2.13. The first kappa shape index (κ1) is 14.9. The predicted octanol–water partition coefficient (Wildman–Crippen LogP) is 1.12. The molecule has 2 aromatic heterocycles. The van der Waals surface area contributed by atoms with E-state index >= 15 is 0 Å². The average Bonchev–Trinajstić information content (AvgIpc) is 3.13. The standard InChI is InChI=1S/C14H16N2O5/c17-13(16-9-11-4-2-6-21-11)7-12(14(18)19)15-8-10-3-1-5-20-10/h1-6,12,15H,7-9H2,(H,16,17)(H,18,19). The highest BCUT2D eigenvalue weighted by atomic mass is 16.4. The fourth-order valence-corrected chi connectivity index (χ4v) is 1.74.